The first kappa shape index (κ1) is 10.6. The summed E-state index contributed by atoms with van der Waals surface area (Å²) >= 11 is 0. The topological polar surface area (TPSA) is 12.0 Å². The molecular formula is C12H21N. The van der Waals surface area contributed by atoms with Gasteiger partial charge in [0.15, 0.2) is 0 Å². The summed E-state index contributed by atoms with van der Waals surface area (Å²) in [6.07, 6.45) is 7.88. The van der Waals surface area contributed by atoms with Gasteiger partial charge in [0, 0.05) is 18.5 Å². The van der Waals surface area contributed by atoms with Gasteiger partial charge in [-0.25, -0.2) is 0 Å². The zero-order valence-corrected chi connectivity index (χ0v) is 8.95. The van der Waals surface area contributed by atoms with Crippen LogP contribution in [0, 0.1) is 11.8 Å². The maximum Gasteiger partial charge on any atom is 0.0214 e. The van der Waals surface area contributed by atoms with Crippen molar-refractivity contribution in [2.45, 2.75) is 57.9 Å². The molecule has 74 valence electrons. The van der Waals surface area contributed by atoms with Crippen LogP contribution in [0.15, 0.2) is 0 Å². The molecule has 0 aromatic rings. The minimum Gasteiger partial charge on any atom is -0.311 e. The van der Waals surface area contributed by atoms with Crippen molar-refractivity contribution in [1.82, 2.24) is 5.32 Å². The van der Waals surface area contributed by atoms with Crippen LogP contribution in [0.25, 0.3) is 0 Å². The monoisotopic (exact) mass is 179 g/mol. The first-order valence-electron chi connectivity index (χ1n) is 5.41. The molecule has 1 N–H and O–H groups in total. The molecular weight excluding hydrogens is 158 g/mol. The molecule has 0 radical (unpaired) electrons. The van der Waals surface area contributed by atoms with E-state index in [0.717, 1.165) is 13.0 Å². The molecule has 0 aromatic carbocycles. The summed E-state index contributed by atoms with van der Waals surface area (Å²) in [5, 5.41) is 3.63. The summed E-state index contributed by atoms with van der Waals surface area (Å²) in [5.74, 6) is 6.02. The van der Waals surface area contributed by atoms with Gasteiger partial charge in [0.1, 0.15) is 0 Å². The Morgan fingerprint density at radius 3 is 2.54 bits per heavy atom. The Bertz CT molecular complexity index is 191. The molecule has 0 heterocycles. The van der Waals surface area contributed by atoms with Gasteiger partial charge < -0.3 is 5.32 Å². The van der Waals surface area contributed by atoms with Crippen LogP contribution in [0.1, 0.15) is 52.4 Å². The molecule has 1 aliphatic rings. The van der Waals surface area contributed by atoms with Gasteiger partial charge in [0.2, 0.25) is 0 Å². The first-order valence-corrected chi connectivity index (χ1v) is 5.41. The van der Waals surface area contributed by atoms with Crippen LogP contribution < -0.4 is 5.32 Å². The van der Waals surface area contributed by atoms with E-state index in [2.05, 4.69) is 24.1 Å². The molecule has 1 rings (SSSR count). The van der Waals surface area contributed by atoms with Gasteiger partial charge >= 0.3 is 0 Å². The first-order chi connectivity index (χ1) is 6.27. The predicted octanol–water partition coefficient (Wildman–Crippen LogP) is 2.71. The van der Waals surface area contributed by atoms with Gasteiger partial charge in [-0.15, -0.1) is 11.8 Å². The van der Waals surface area contributed by atoms with Crippen LogP contribution in [0.2, 0.25) is 0 Å². The lowest BCUT2D eigenvalue weighted by molar-refractivity contribution is 0.257. The minimum absolute atomic E-state index is 0.410. The molecule has 0 aromatic heterocycles. The van der Waals surface area contributed by atoms with Crippen molar-refractivity contribution in [3.8, 4) is 11.8 Å². The normalized spacial score (nSPS) is 20.5. The highest BCUT2D eigenvalue weighted by Crippen LogP contribution is 2.27. The highest BCUT2D eigenvalue weighted by molar-refractivity contribution is 4.96. The van der Waals surface area contributed by atoms with Gasteiger partial charge in [0.05, 0.1) is 0 Å². The number of rotatable bonds is 3. The molecule has 1 fully saturated rings. The molecule has 0 saturated heterocycles. The molecule has 1 aliphatic carbocycles. The summed E-state index contributed by atoms with van der Waals surface area (Å²) in [6, 6.07) is 0. The Kier molecular flexibility index (Phi) is 4.32. The molecule has 0 spiro atoms. The van der Waals surface area contributed by atoms with Crippen LogP contribution in [0.4, 0.5) is 0 Å². The number of hydrogen-bond donors (Lipinski definition) is 1. The Morgan fingerprint density at radius 2 is 1.92 bits per heavy atom. The molecule has 0 aliphatic heterocycles. The van der Waals surface area contributed by atoms with Crippen molar-refractivity contribution >= 4 is 0 Å². The number of nitrogens with one attached hydrogen (secondary N) is 1. The van der Waals surface area contributed by atoms with Crippen molar-refractivity contribution in [3.63, 3.8) is 0 Å². The summed E-state index contributed by atoms with van der Waals surface area (Å²) in [5.41, 5.74) is 0.410. The van der Waals surface area contributed by atoms with E-state index in [4.69, 9.17) is 0 Å². The summed E-state index contributed by atoms with van der Waals surface area (Å²) in [4.78, 5) is 0. The van der Waals surface area contributed by atoms with Crippen molar-refractivity contribution in [1.29, 1.82) is 0 Å². The van der Waals surface area contributed by atoms with E-state index in [-0.39, 0.29) is 0 Å². The van der Waals surface area contributed by atoms with Crippen molar-refractivity contribution in [2.75, 3.05) is 6.54 Å². The Morgan fingerprint density at radius 1 is 1.23 bits per heavy atom. The quantitative estimate of drug-likeness (QED) is 0.519. The predicted molar refractivity (Wildman–Crippen MR) is 57.6 cm³/mol. The second-order valence-electron chi connectivity index (χ2n) is 4.22. The largest absolute Gasteiger partial charge is 0.311 e. The summed E-state index contributed by atoms with van der Waals surface area (Å²) in [6.45, 7) is 5.31. The second-order valence-corrected chi connectivity index (χ2v) is 4.22. The van der Waals surface area contributed by atoms with Crippen molar-refractivity contribution in [3.05, 3.63) is 0 Å². The van der Waals surface area contributed by atoms with Crippen molar-refractivity contribution < 1.29 is 0 Å². The van der Waals surface area contributed by atoms with Crippen LogP contribution in [0.5, 0.6) is 0 Å². The van der Waals surface area contributed by atoms with E-state index in [1.807, 2.05) is 6.92 Å². The third kappa shape index (κ3) is 3.83. The average molecular weight is 179 g/mol. The Balaban J connectivity index is 2.19. The van der Waals surface area contributed by atoms with Crippen LogP contribution >= 0.6 is 0 Å². The Hall–Kier alpha value is -0.480. The van der Waals surface area contributed by atoms with E-state index >= 15 is 0 Å². The van der Waals surface area contributed by atoms with Crippen LogP contribution in [0.3, 0.4) is 0 Å². The van der Waals surface area contributed by atoms with E-state index in [1.165, 1.54) is 32.1 Å². The molecule has 0 bridgehead atoms. The van der Waals surface area contributed by atoms with Gasteiger partial charge in [-0.3, -0.25) is 0 Å². The molecule has 0 unspecified atom stereocenters. The third-order valence-corrected chi connectivity index (χ3v) is 2.94. The maximum absolute atomic E-state index is 3.63. The molecule has 0 amide bonds. The fourth-order valence-electron chi connectivity index (χ4n) is 2.06. The van der Waals surface area contributed by atoms with E-state index < -0.39 is 0 Å². The average Bonchev–Trinajstić information content (AvgIpc) is 2.14. The molecule has 1 nitrogen and oxygen atoms in total. The van der Waals surface area contributed by atoms with Crippen molar-refractivity contribution in [2.24, 2.45) is 0 Å². The van der Waals surface area contributed by atoms with Gasteiger partial charge in [0.25, 0.3) is 0 Å². The molecule has 1 heteroatoms. The number of hydrogen-bond acceptors (Lipinski definition) is 1. The highest BCUT2D eigenvalue weighted by Gasteiger charge is 2.25. The highest BCUT2D eigenvalue weighted by atomic mass is 15.0. The maximum atomic E-state index is 3.63. The lowest BCUT2D eigenvalue weighted by atomic mass is 9.83. The summed E-state index contributed by atoms with van der Waals surface area (Å²) < 4.78 is 0. The van der Waals surface area contributed by atoms with E-state index in [9.17, 15) is 0 Å². The van der Waals surface area contributed by atoms with E-state index in [1.54, 1.807) is 0 Å². The molecule has 0 atom stereocenters. The lowest BCUT2D eigenvalue weighted by Gasteiger charge is -2.34. The van der Waals surface area contributed by atoms with Gasteiger partial charge in [-0.05, 0) is 26.7 Å². The van der Waals surface area contributed by atoms with Gasteiger partial charge in [-0.2, -0.15) is 0 Å². The third-order valence-electron chi connectivity index (χ3n) is 2.94. The zero-order valence-electron chi connectivity index (χ0n) is 8.95. The minimum atomic E-state index is 0.410. The van der Waals surface area contributed by atoms with Gasteiger partial charge in [-0.1, -0.05) is 19.3 Å². The zero-order chi connectivity index (χ0) is 9.57. The SMILES string of the molecule is CC#CCCNC1(C)CCCCC1. The van der Waals surface area contributed by atoms with Crippen LogP contribution in [-0.4, -0.2) is 12.1 Å². The molecule has 13 heavy (non-hydrogen) atoms. The van der Waals surface area contributed by atoms with Crippen LogP contribution in [-0.2, 0) is 0 Å². The fraction of sp³-hybridized carbons (Fsp3) is 0.833. The lowest BCUT2D eigenvalue weighted by Crippen LogP contribution is -2.44. The second kappa shape index (κ2) is 5.29. The van der Waals surface area contributed by atoms with E-state index in [0.29, 0.717) is 5.54 Å². The fourth-order valence-corrected chi connectivity index (χ4v) is 2.06. The smallest absolute Gasteiger partial charge is 0.0214 e. The standard InChI is InChI=1S/C12H21N/c1-3-4-8-11-13-12(2)9-6-5-7-10-12/h13H,5-11H2,1-2H3. The Labute approximate surface area is 82.3 Å². The summed E-state index contributed by atoms with van der Waals surface area (Å²) in [7, 11) is 0. The molecule has 1 saturated carbocycles.